The number of rotatable bonds is 1. The van der Waals surface area contributed by atoms with E-state index in [1.165, 1.54) is 11.1 Å². The van der Waals surface area contributed by atoms with Crippen LogP contribution < -0.4 is 5.32 Å². The topological polar surface area (TPSA) is 38.3 Å². The summed E-state index contributed by atoms with van der Waals surface area (Å²) in [5.74, 6) is 0. The molecule has 0 heterocycles. The van der Waals surface area contributed by atoms with Crippen LogP contribution in [-0.2, 0) is 16.7 Å². The van der Waals surface area contributed by atoms with E-state index in [1.54, 1.807) is 0 Å². The molecule has 0 saturated carbocycles. The summed E-state index contributed by atoms with van der Waals surface area (Å²) in [6.07, 6.45) is 1.52. The number of amides is 1. The monoisotopic (exact) mass is 325 g/mol. The van der Waals surface area contributed by atoms with Crippen molar-refractivity contribution in [3.05, 3.63) is 33.8 Å². The summed E-state index contributed by atoms with van der Waals surface area (Å²) >= 11 is 3.48. The number of benzene rings is 1. The van der Waals surface area contributed by atoms with E-state index in [2.05, 4.69) is 40.3 Å². The summed E-state index contributed by atoms with van der Waals surface area (Å²) in [6, 6.07) is 6.21. The van der Waals surface area contributed by atoms with Gasteiger partial charge in [-0.15, -0.1) is 0 Å². The molecule has 1 aliphatic carbocycles. The van der Waals surface area contributed by atoms with Crippen LogP contribution in [0.15, 0.2) is 22.7 Å². The molecule has 1 aromatic rings. The first-order chi connectivity index (χ1) is 8.70. The number of nitrogens with one attached hydrogen (secondary N) is 1. The number of halogens is 1. The third-order valence-corrected chi connectivity index (χ3v) is 3.83. The molecule has 1 aliphatic rings. The maximum Gasteiger partial charge on any atom is 0.408 e. The molecule has 0 saturated heterocycles. The molecule has 2 rings (SSSR count). The van der Waals surface area contributed by atoms with E-state index in [9.17, 15) is 4.79 Å². The first-order valence-electron chi connectivity index (χ1n) is 6.50. The average Bonchev–Trinajstić information content (AvgIpc) is 2.52. The number of ether oxygens (including phenoxy) is 1. The Balaban J connectivity index is 2.16. The average molecular weight is 326 g/mol. The minimum Gasteiger partial charge on any atom is -0.444 e. The first-order valence-corrected chi connectivity index (χ1v) is 7.29. The Hall–Kier alpha value is -1.03. The van der Waals surface area contributed by atoms with Gasteiger partial charge in [0, 0.05) is 4.47 Å². The molecule has 0 fully saturated rings. The van der Waals surface area contributed by atoms with Crippen LogP contribution >= 0.6 is 15.9 Å². The molecule has 3 nitrogen and oxygen atoms in total. The highest BCUT2D eigenvalue weighted by molar-refractivity contribution is 9.10. The Morgan fingerprint density at radius 3 is 2.74 bits per heavy atom. The van der Waals surface area contributed by atoms with Gasteiger partial charge in [-0.1, -0.05) is 22.0 Å². The highest BCUT2D eigenvalue weighted by atomic mass is 79.9. The third kappa shape index (κ3) is 3.30. The standard InChI is InChI=1S/C15H20BrNO2/c1-14(2,3)19-13(18)17-15(4)8-7-10-9-11(16)5-6-12(10)15/h5-6,9H,7-8H2,1-4H3,(H,17,18). The van der Waals surface area contributed by atoms with Crippen molar-refractivity contribution in [1.29, 1.82) is 0 Å². The molecule has 1 atom stereocenters. The predicted molar refractivity (Wildman–Crippen MR) is 79.2 cm³/mol. The van der Waals surface area contributed by atoms with Crippen LogP contribution in [0.2, 0.25) is 0 Å². The maximum atomic E-state index is 12.0. The Labute approximate surface area is 122 Å². The summed E-state index contributed by atoms with van der Waals surface area (Å²) in [5, 5.41) is 3.01. The van der Waals surface area contributed by atoms with Gasteiger partial charge in [-0.3, -0.25) is 0 Å². The van der Waals surface area contributed by atoms with Crippen LogP contribution in [-0.4, -0.2) is 11.7 Å². The normalized spacial score (nSPS) is 21.9. The third-order valence-electron chi connectivity index (χ3n) is 3.33. The second-order valence-electron chi connectivity index (χ2n) is 6.26. The van der Waals surface area contributed by atoms with E-state index in [0.717, 1.165) is 17.3 Å². The molecular formula is C15H20BrNO2. The van der Waals surface area contributed by atoms with Crippen LogP contribution in [0, 0.1) is 0 Å². The van der Waals surface area contributed by atoms with E-state index < -0.39 is 5.60 Å². The van der Waals surface area contributed by atoms with Gasteiger partial charge in [0.1, 0.15) is 5.60 Å². The van der Waals surface area contributed by atoms with Crippen molar-refractivity contribution in [2.24, 2.45) is 0 Å². The van der Waals surface area contributed by atoms with Crippen molar-refractivity contribution in [3.63, 3.8) is 0 Å². The van der Waals surface area contributed by atoms with Gasteiger partial charge in [0.15, 0.2) is 0 Å². The van der Waals surface area contributed by atoms with Crippen molar-refractivity contribution in [2.45, 2.75) is 51.7 Å². The SMILES string of the molecule is CC(C)(C)OC(=O)NC1(C)CCc2cc(Br)ccc21. The van der Waals surface area contributed by atoms with Crippen LogP contribution in [0.1, 0.15) is 45.2 Å². The van der Waals surface area contributed by atoms with Crippen molar-refractivity contribution in [2.75, 3.05) is 0 Å². The van der Waals surface area contributed by atoms with Crippen LogP contribution in [0.3, 0.4) is 0 Å². The number of hydrogen-bond donors (Lipinski definition) is 1. The fourth-order valence-electron chi connectivity index (χ4n) is 2.49. The van der Waals surface area contributed by atoms with Gasteiger partial charge in [-0.25, -0.2) is 4.79 Å². The van der Waals surface area contributed by atoms with Gasteiger partial charge in [0.05, 0.1) is 5.54 Å². The molecule has 1 unspecified atom stereocenters. The lowest BCUT2D eigenvalue weighted by atomic mass is 9.94. The number of carbonyl (C=O) groups excluding carboxylic acids is 1. The molecule has 0 aliphatic heterocycles. The minimum atomic E-state index is -0.471. The molecule has 0 bridgehead atoms. The Morgan fingerprint density at radius 2 is 2.11 bits per heavy atom. The summed E-state index contributed by atoms with van der Waals surface area (Å²) in [6.45, 7) is 7.66. The highest BCUT2D eigenvalue weighted by Gasteiger charge is 2.36. The van der Waals surface area contributed by atoms with Crippen molar-refractivity contribution in [1.82, 2.24) is 5.32 Å². The molecule has 104 valence electrons. The zero-order valence-electron chi connectivity index (χ0n) is 11.8. The van der Waals surface area contributed by atoms with Gasteiger partial charge < -0.3 is 10.1 Å². The molecule has 1 amide bonds. The van der Waals surface area contributed by atoms with Crippen LogP contribution in [0.5, 0.6) is 0 Å². The molecule has 0 spiro atoms. The van der Waals surface area contributed by atoms with Gasteiger partial charge in [-0.2, -0.15) is 0 Å². The lowest BCUT2D eigenvalue weighted by Gasteiger charge is -2.29. The van der Waals surface area contributed by atoms with E-state index in [1.807, 2.05) is 26.8 Å². The molecule has 0 radical (unpaired) electrons. The predicted octanol–water partition coefficient (Wildman–Crippen LogP) is 4.14. The minimum absolute atomic E-state index is 0.335. The van der Waals surface area contributed by atoms with Crippen molar-refractivity contribution < 1.29 is 9.53 Å². The smallest absolute Gasteiger partial charge is 0.408 e. The van der Waals surface area contributed by atoms with Gasteiger partial charge in [0.25, 0.3) is 0 Å². The second-order valence-corrected chi connectivity index (χ2v) is 7.18. The number of hydrogen-bond acceptors (Lipinski definition) is 2. The largest absolute Gasteiger partial charge is 0.444 e. The summed E-state index contributed by atoms with van der Waals surface area (Å²) in [5.41, 5.74) is 1.66. The Morgan fingerprint density at radius 1 is 1.42 bits per heavy atom. The Kier molecular flexibility index (Phi) is 3.65. The summed E-state index contributed by atoms with van der Waals surface area (Å²) in [4.78, 5) is 12.0. The Bertz CT molecular complexity index is 507. The number of fused-ring (bicyclic) bond motifs is 1. The lowest BCUT2D eigenvalue weighted by Crippen LogP contribution is -2.44. The van der Waals surface area contributed by atoms with Crippen molar-refractivity contribution >= 4 is 22.0 Å². The van der Waals surface area contributed by atoms with Gasteiger partial charge >= 0.3 is 6.09 Å². The zero-order chi connectivity index (χ0) is 14.3. The van der Waals surface area contributed by atoms with Crippen molar-refractivity contribution in [3.8, 4) is 0 Å². The van der Waals surface area contributed by atoms with E-state index in [0.29, 0.717) is 0 Å². The fourth-order valence-corrected chi connectivity index (χ4v) is 2.89. The lowest BCUT2D eigenvalue weighted by molar-refractivity contribution is 0.0461. The van der Waals surface area contributed by atoms with E-state index in [4.69, 9.17) is 4.74 Å². The highest BCUT2D eigenvalue weighted by Crippen LogP contribution is 2.38. The summed E-state index contributed by atoms with van der Waals surface area (Å²) < 4.78 is 6.42. The number of aryl methyl sites for hydroxylation is 1. The van der Waals surface area contributed by atoms with E-state index in [-0.39, 0.29) is 11.6 Å². The number of carbonyl (C=O) groups is 1. The van der Waals surface area contributed by atoms with Crippen LogP contribution in [0.4, 0.5) is 4.79 Å². The van der Waals surface area contributed by atoms with E-state index >= 15 is 0 Å². The van der Waals surface area contributed by atoms with Gasteiger partial charge in [-0.05, 0) is 63.8 Å². The van der Waals surface area contributed by atoms with Gasteiger partial charge in [0.2, 0.25) is 0 Å². The molecule has 4 heteroatoms. The fraction of sp³-hybridized carbons (Fsp3) is 0.533. The number of alkyl carbamates (subject to hydrolysis) is 1. The zero-order valence-corrected chi connectivity index (χ0v) is 13.4. The molecule has 19 heavy (non-hydrogen) atoms. The maximum absolute atomic E-state index is 12.0. The summed E-state index contributed by atoms with van der Waals surface area (Å²) in [7, 11) is 0. The molecular weight excluding hydrogens is 306 g/mol. The first kappa shape index (κ1) is 14.4. The quantitative estimate of drug-likeness (QED) is 0.842. The molecule has 1 aromatic carbocycles. The second kappa shape index (κ2) is 4.82. The van der Waals surface area contributed by atoms with Crippen LogP contribution in [0.25, 0.3) is 0 Å². The molecule has 0 aromatic heterocycles. The molecule has 1 N–H and O–H groups in total.